The molecule has 1 atom stereocenters. The van der Waals surface area contributed by atoms with Crippen molar-refractivity contribution < 1.29 is 9.59 Å². The Kier molecular flexibility index (Phi) is 5.56. The van der Waals surface area contributed by atoms with Crippen molar-refractivity contribution in [2.75, 3.05) is 24.5 Å². The molecule has 0 aliphatic carbocycles. The summed E-state index contributed by atoms with van der Waals surface area (Å²) in [7, 11) is 0. The van der Waals surface area contributed by atoms with Crippen LogP contribution >= 0.6 is 11.6 Å². The highest BCUT2D eigenvalue weighted by Gasteiger charge is 2.35. The van der Waals surface area contributed by atoms with Crippen molar-refractivity contribution in [2.45, 2.75) is 26.7 Å². The van der Waals surface area contributed by atoms with E-state index in [-0.39, 0.29) is 22.9 Å². The Labute approximate surface area is 157 Å². The SMILES string of the molecule is CCN1CC(CCC(=O)N(CC)c2cn(-c3cccnc3)nc2Cl)C1=O. The molecule has 0 radical (unpaired) electrons. The van der Waals surface area contributed by atoms with Gasteiger partial charge in [-0.1, -0.05) is 11.6 Å². The number of rotatable bonds is 7. The third-order valence-electron chi connectivity index (χ3n) is 4.66. The van der Waals surface area contributed by atoms with Gasteiger partial charge in [-0.15, -0.1) is 0 Å². The van der Waals surface area contributed by atoms with Gasteiger partial charge < -0.3 is 9.80 Å². The number of anilines is 1. The molecule has 0 N–H and O–H groups in total. The first-order valence-corrected chi connectivity index (χ1v) is 9.17. The normalized spacial score (nSPS) is 16.5. The molecule has 1 aliphatic rings. The molecule has 138 valence electrons. The van der Waals surface area contributed by atoms with Crippen molar-refractivity contribution in [2.24, 2.45) is 5.92 Å². The van der Waals surface area contributed by atoms with Crippen LogP contribution in [-0.2, 0) is 9.59 Å². The molecule has 3 heterocycles. The minimum absolute atomic E-state index is 0.0359. The molecule has 1 saturated heterocycles. The molecule has 2 aromatic heterocycles. The predicted molar refractivity (Wildman–Crippen MR) is 99.4 cm³/mol. The Morgan fingerprint density at radius 3 is 2.85 bits per heavy atom. The van der Waals surface area contributed by atoms with E-state index in [1.54, 1.807) is 33.1 Å². The van der Waals surface area contributed by atoms with Crippen LogP contribution in [0.15, 0.2) is 30.7 Å². The number of amides is 2. The molecule has 0 aromatic carbocycles. The van der Waals surface area contributed by atoms with Gasteiger partial charge in [0.05, 0.1) is 24.0 Å². The minimum Gasteiger partial charge on any atom is -0.342 e. The fraction of sp³-hybridized carbons (Fsp3) is 0.444. The van der Waals surface area contributed by atoms with Crippen molar-refractivity contribution in [1.29, 1.82) is 0 Å². The molecule has 2 aromatic rings. The molecule has 3 rings (SSSR count). The predicted octanol–water partition coefficient (Wildman–Crippen LogP) is 2.53. The number of nitrogens with zero attached hydrogens (tertiary/aromatic N) is 5. The number of β-lactam (4-membered cyclic amide) rings is 1. The number of halogens is 1. The Morgan fingerprint density at radius 1 is 1.42 bits per heavy atom. The Hall–Kier alpha value is -2.41. The highest BCUT2D eigenvalue weighted by atomic mass is 35.5. The van der Waals surface area contributed by atoms with Gasteiger partial charge in [0.25, 0.3) is 0 Å². The fourth-order valence-electron chi connectivity index (χ4n) is 3.14. The van der Waals surface area contributed by atoms with Crippen LogP contribution in [0.5, 0.6) is 0 Å². The lowest BCUT2D eigenvalue weighted by atomic mass is 9.93. The van der Waals surface area contributed by atoms with E-state index >= 15 is 0 Å². The largest absolute Gasteiger partial charge is 0.342 e. The van der Waals surface area contributed by atoms with E-state index in [2.05, 4.69) is 10.1 Å². The van der Waals surface area contributed by atoms with Crippen LogP contribution < -0.4 is 4.90 Å². The maximum absolute atomic E-state index is 12.7. The number of carbonyl (C=O) groups excluding carboxylic acids is 2. The first-order chi connectivity index (χ1) is 12.5. The molecular formula is C18H22ClN5O2. The summed E-state index contributed by atoms with van der Waals surface area (Å²) in [4.78, 5) is 32.0. The topological polar surface area (TPSA) is 71.3 Å². The highest BCUT2D eigenvalue weighted by molar-refractivity contribution is 6.32. The highest BCUT2D eigenvalue weighted by Crippen LogP contribution is 2.28. The van der Waals surface area contributed by atoms with E-state index in [1.165, 1.54) is 0 Å². The van der Waals surface area contributed by atoms with Crippen molar-refractivity contribution in [1.82, 2.24) is 19.7 Å². The number of hydrogen-bond acceptors (Lipinski definition) is 4. The maximum Gasteiger partial charge on any atom is 0.227 e. The summed E-state index contributed by atoms with van der Waals surface area (Å²) in [6, 6.07) is 3.67. The second-order valence-electron chi connectivity index (χ2n) is 6.21. The summed E-state index contributed by atoms with van der Waals surface area (Å²) in [5.74, 6) is 0.0554. The molecule has 8 heteroatoms. The molecule has 1 unspecified atom stereocenters. The minimum atomic E-state index is -0.0529. The third-order valence-corrected chi connectivity index (χ3v) is 4.93. The van der Waals surface area contributed by atoms with Crippen LogP contribution in [0.3, 0.4) is 0 Å². The smallest absolute Gasteiger partial charge is 0.227 e. The molecule has 26 heavy (non-hydrogen) atoms. The van der Waals surface area contributed by atoms with Gasteiger partial charge in [0.2, 0.25) is 11.8 Å². The van der Waals surface area contributed by atoms with Crippen LogP contribution in [0.4, 0.5) is 5.69 Å². The van der Waals surface area contributed by atoms with Crippen molar-refractivity contribution in [3.63, 3.8) is 0 Å². The average Bonchev–Trinajstić information content (AvgIpc) is 3.03. The summed E-state index contributed by atoms with van der Waals surface area (Å²) >= 11 is 6.27. The first-order valence-electron chi connectivity index (χ1n) is 8.79. The third kappa shape index (κ3) is 3.58. The molecule has 1 fully saturated rings. The molecule has 2 amide bonds. The van der Waals surface area contributed by atoms with Gasteiger partial charge in [-0.3, -0.25) is 14.6 Å². The Bertz CT molecular complexity index is 792. The quantitative estimate of drug-likeness (QED) is 0.697. The van der Waals surface area contributed by atoms with Gasteiger partial charge in [-0.05, 0) is 32.4 Å². The molecule has 7 nitrogen and oxygen atoms in total. The number of pyridine rings is 1. The summed E-state index contributed by atoms with van der Waals surface area (Å²) < 4.78 is 1.61. The zero-order chi connectivity index (χ0) is 18.7. The lowest BCUT2D eigenvalue weighted by Crippen LogP contribution is -2.52. The summed E-state index contributed by atoms with van der Waals surface area (Å²) in [6.07, 6.45) is 5.97. The van der Waals surface area contributed by atoms with E-state index in [0.717, 1.165) is 18.8 Å². The van der Waals surface area contributed by atoms with Crippen LogP contribution in [0, 0.1) is 5.92 Å². The van der Waals surface area contributed by atoms with Gasteiger partial charge in [0.1, 0.15) is 5.69 Å². The lowest BCUT2D eigenvalue weighted by Gasteiger charge is -2.37. The van der Waals surface area contributed by atoms with Crippen molar-refractivity contribution in [3.8, 4) is 5.69 Å². The summed E-state index contributed by atoms with van der Waals surface area (Å²) in [6.45, 7) is 5.81. The second-order valence-corrected chi connectivity index (χ2v) is 6.57. The van der Waals surface area contributed by atoms with E-state index in [1.807, 2.05) is 26.0 Å². The summed E-state index contributed by atoms with van der Waals surface area (Å²) in [5, 5.41) is 4.54. The number of hydrogen-bond donors (Lipinski definition) is 0. The second kappa shape index (κ2) is 7.86. The molecule has 0 bridgehead atoms. The maximum atomic E-state index is 12.7. The van der Waals surface area contributed by atoms with Crippen LogP contribution in [0.25, 0.3) is 5.69 Å². The Balaban J connectivity index is 1.68. The molecule has 1 aliphatic heterocycles. The summed E-state index contributed by atoms with van der Waals surface area (Å²) in [5.41, 5.74) is 1.34. The van der Waals surface area contributed by atoms with Crippen LogP contribution in [0.1, 0.15) is 26.7 Å². The van der Waals surface area contributed by atoms with Crippen molar-refractivity contribution in [3.05, 3.63) is 35.9 Å². The standard InChI is InChI=1S/C18H22ClN5O2/c1-3-22-11-13(18(22)26)7-8-16(25)23(4-2)15-12-24(21-17(15)19)14-6-5-9-20-10-14/h5-6,9-10,12-13H,3-4,7-8,11H2,1-2H3. The zero-order valence-electron chi connectivity index (χ0n) is 14.9. The number of likely N-dealkylation sites (tertiary alicyclic amines) is 1. The first kappa shape index (κ1) is 18.4. The molecular weight excluding hydrogens is 354 g/mol. The molecule has 0 spiro atoms. The van der Waals surface area contributed by atoms with Crippen LogP contribution in [0.2, 0.25) is 5.15 Å². The zero-order valence-corrected chi connectivity index (χ0v) is 15.7. The average molecular weight is 376 g/mol. The molecule has 0 saturated carbocycles. The van der Waals surface area contributed by atoms with Gasteiger partial charge in [0.15, 0.2) is 5.15 Å². The number of aromatic nitrogens is 3. The van der Waals surface area contributed by atoms with Gasteiger partial charge in [0, 0.05) is 32.3 Å². The van der Waals surface area contributed by atoms with Gasteiger partial charge >= 0.3 is 0 Å². The van der Waals surface area contributed by atoms with Gasteiger partial charge in [-0.25, -0.2) is 4.68 Å². The monoisotopic (exact) mass is 375 g/mol. The van der Waals surface area contributed by atoms with E-state index < -0.39 is 0 Å². The van der Waals surface area contributed by atoms with E-state index in [4.69, 9.17) is 11.6 Å². The van der Waals surface area contributed by atoms with Crippen molar-refractivity contribution >= 4 is 29.1 Å². The van der Waals surface area contributed by atoms with E-state index in [0.29, 0.717) is 25.1 Å². The van der Waals surface area contributed by atoms with Gasteiger partial charge in [-0.2, -0.15) is 5.10 Å². The number of carbonyl (C=O) groups is 2. The Morgan fingerprint density at radius 2 is 2.23 bits per heavy atom. The van der Waals surface area contributed by atoms with E-state index in [9.17, 15) is 9.59 Å². The lowest BCUT2D eigenvalue weighted by molar-refractivity contribution is -0.147. The van der Waals surface area contributed by atoms with Crippen LogP contribution in [-0.4, -0.2) is 51.1 Å². The fourth-order valence-corrected chi connectivity index (χ4v) is 3.37.